The summed E-state index contributed by atoms with van der Waals surface area (Å²) < 4.78 is 79.4. The van der Waals surface area contributed by atoms with Crippen molar-refractivity contribution < 1.29 is 26.0 Å². The van der Waals surface area contributed by atoms with E-state index in [-0.39, 0.29) is 28.1 Å². The average molecular weight is 442 g/mol. The Bertz CT molecular complexity index is 1380. The van der Waals surface area contributed by atoms with Crippen LogP contribution in [-0.4, -0.2) is 39.0 Å². The standard InChI is InChI=1S/C15H10F4N8O2S/c16-5-3-7(11-9(4-5)22-14(20)23-11)6-1-2-8(15(17,18)19)12(30(21,28)29)10(6)13-24-26-27-25-13/h1-4H,(H3,20,22,23)(H2,21,28,29)(H,24,25,26,27). The van der Waals surface area contributed by atoms with E-state index in [0.29, 0.717) is 6.07 Å². The predicted molar refractivity (Wildman–Crippen MR) is 95.4 cm³/mol. The van der Waals surface area contributed by atoms with Gasteiger partial charge in [0.25, 0.3) is 0 Å². The molecule has 10 nitrogen and oxygen atoms in total. The molecule has 2 aromatic carbocycles. The van der Waals surface area contributed by atoms with Crippen LogP contribution in [0.15, 0.2) is 29.2 Å². The first-order valence-corrected chi connectivity index (χ1v) is 9.47. The topological polar surface area (TPSA) is 169 Å². The van der Waals surface area contributed by atoms with Crippen LogP contribution in [-0.2, 0) is 16.2 Å². The molecule has 0 aliphatic carbocycles. The van der Waals surface area contributed by atoms with Crippen LogP contribution < -0.4 is 10.9 Å². The van der Waals surface area contributed by atoms with Crippen molar-refractivity contribution in [3.8, 4) is 22.5 Å². The van der Waals surface area contributed by atoms with Crippen molar-refractivity contribution in [3.05, 3.63) is 35.6 Å². The van der Waals surface area contributed by atoms with E-state index in [2.05, 4.69) is 30.6 Å². The van der Waals surface area contributed by atoms with Gasteiger partial charge < -0.3 is 10.7 Å². The number of nitrogens with two attached hydrogens (primary N) is 2. The molecule has 0 amide bonds. The second-order valence-corrected chi connectivity index (χ2v) is 7.63. The van der Waals surface area contributed by atoms with Crippen LogP contribution in [0.4, 0.5) is 23.5 Å². The van der Waals surface area contributed by atoms with Gasteiger partial charge in [0.2, 0.25) is 10.0 Å². The molecule has 0 bridgehead atoms. The monoisotopic (exact) mass is 442 g/mol. The molecule has 4 rings (SSSR count). The number of primary sulfonamides is 1. The number of alkyl halides is 3. The molecule has 0 aliphatic rings. The highest BCUT2D eigenvalue weighted by molar-refractivity contribution is 7.89. The number of nitrogens with zero attached hydrogens (tertiary/aromatic N) is 4. The molecule has 0 unspecified atom stereocenters. The maximum atomic E-state index is 14.2. The van der Waals surface area contributed by atoms with Crippen LogP contribution in [0.5, 0.6) is 0 Å². The van der Waals surface area contributed by atoms with Crippen molar-refractivity contribution in [1.29, 1.82) is 0 Å². The fourth-order valence-corrected chi connectivity index (χ4v) is 4.12. The summed E-state index contributed by atoms with van der Waals surface area (Å²) >= 11 is 0. The Kier molecular flexibility index (Phi) is 4.25. The quantitative estimate of drug-likeness (QED) is 0.351. The number of H-pyrrole nitrogens is 2. The SMILES string of the molecule is Nc1nc2cc(F)cc(-c3ccc(C(F)(F)F)c(S(N)(=O)=O)c3-c3nnn[nH]3)c2[nH]1. The summed E-state index contributed by atoms with van der Waals surface area (Å²) in [6.07, 6.45) is -5.07. The Morgan fingerprint density at radius 1 is 1.10 bits per heavy atom. The zero-order valence-electron chi connectivity index (χ0n) is 14.5. The summed E-state index contributed by atoms with van der Waals surface area (Å²) in [5.74, 6) is -1.30. The fraction of sp³-hybridized carbons (Fsp3) is 0.0667. The van der Waals surface area contributed by atoms with Gasteiger partial charge in [0.05, 0.1) is 16.6 Å². The number of aromatic amines is 2. The van der Waals surface area contributed by atoms with Crippen LogP contribution in [0.3, 0.4) is 0 Å². The zero-order valence-corrected chi connectivity index (χ0v) is 15.3. The second kappa shape index (κ2) is 6.46. The van der Waals surface area contributed by atoms with E-state index in [1.165, 1.54) is 0 Å². The summed E-state index contributed by atoms with van der Waals surface area (Å²) in [6.45, 7) is 0. The van der Waals surface area contributed by atoms with E-state index < -0.39 is 43.9 Å². The summed E-state index contributed by atoms with van der Waals surface area (Å²) in [5, 5.41) is 17.4. The lowest BCUT2D eigenvalue weighted by atomic mass is 9.95. The summed E-state index contributed by atoms with van der Waals surface area (Å²) in [7, 11) is -4.94. The molecule has 30 heavy (non-hydrogen) atoms. The third kappa shape index (κ3) is 3.22. The number of hydrogen-bond donors (Lipinski definition) is 4. The van der Waals surface area contributed by atoms with E-state index in [9.17, 15) is 26.0 Å². The normalized spacial score (nSPS) is 12.6. The molecule has 4 aromatic rings. The molecule has 0 atom stereocenters. The lowest BCUT2D eigenvalue weighted by Crippen LogP contribution is -2.21. The summed E-state index contributed by atoms with van der Waals surface area (Å²) in [4.78, 5) is 5.29. The van der Waals surface area contributed by atoms with Gasteiger partial charge in [-0.05, 0) is 28.1 Å². The summed E-state index contributed by atoms with van der Waals surface area (Å²) in [6, 6.07) is 3.51. The highest BCUT2D eigenvalue weighted by Crippen LogP contribution is 2.44. The van der Waals surface area contributed by atoms with Crippen molar-refractivity contribution in [2.24, 2.45) is 5.14 Å². The molecule has 0 radical (unpaired) electrons. The van der Waals surface area contributed by atoms with Crippen LogP contribution in [0.25, 0.3) is 33.5 Å². The molecule has 2 aromatic heterocycles. The van der Waals surface area contributed by atoms with Gasteiger partial charge in [0.15, 0.2) is 11.8 Å². The molecule has 6 N–H and O–H groups in total. The smallest absolute Gasteiger partial charge is 0.369 e. The molecule has 0 saturated heterocycles. The van der Waals surface area contributed by atoms with Crippen LogP contribution in [0.1, 0.15) is 5.56 Å². The summed E-state index contributed by atoms with van der Waals surface area (Å²) in [5.41, 5.74) is 3.54. The lowest BCUT2D eigenvalue weighted by molar-refractivity contribution is -0.139. The maximum absolute atomic E-state index is 14.2. The highest BCUT2D eigenvalue weighted by atomic mass is 32.2. The van der Waals surface area contributed by atoms with Crippen LogP contribution in [0, 0.1) is 5.82 Å². The van der Waals surface area contributed by atoms with Gasteiger partial charge in [-0.15, -0.1) is 5.10 Å². The first-order chi connectivity index (χ1) is 14.0. The van der Waals surface area contributed by atoms with E-state index in [1.807, 2.05) is 0 Å². The average Bonchev–Trinajstić information content (AvgIpc) is 3.27. The molecule has 15 heteroatoms. The van der Waals surface area contributed by atoms with Crippen LogP contribution >= 0.6 is 0 Å². The van der Waals surface area contributed by atoms with Gasteiger partial charge in [-0.25, -0.2) is 28.0 Å². The Balaban J connectivity index is 2.21. The Morgan fingerprint density at radius 2 is 1.83 bits per heavy atom. The van der Waals surface area contributed by atoms with Crippen molar-refractivity contribution in [2.45, 2.75) is 11.1 Å². The van der Waals surface area contributed by atoms with E-state index in [4.69, 9.17) is 10.9 Å². The van der Waals surface area contributed by atoms with Crippen molar-refractivity contribution in [2.75, 3.05) is 5.73 Å². The van der Waals surface area contributed by atoms with Crippen molar-refractivity contribution in [3.63, 3.8) is 0 Å². The molecular weight excluding hydrogens is 432 g/mol. The number of nitrogens with one attached hydrogen (secondary N) is 2. The van der Waals surface area contributed by atoms with Gasteiger partial charge in [0, 0.05) is 17.2 Å². The van der Waals surface area contributed by atoms with E-state index in [1.54, 1.807) is 0 Å². The highest BCUT2D eigenvalue weighted by Gasteiger charge is 2.40. The minimum Gasteiger partial charge on any atom is -0.369 e. The Hall–Kier alpha value is -3.59. The minimum atomic E-state index is -5.07. The lowest BCUT2D eigenvalue weighted by Gasteiger charge is -2.18. The number of rotatable bonds is 3. The number of hydrogen-bond acceptors (Lipinski definition) is 7. The first-order valence-electron chi connectivity index (χ1n) is 7.93. The molecule has 2 heterocycles. The number of aromatic nitrogens is 6. The molecule has 0 spiro atoms. The molecule has 0 fully saturated rings. The largest absolute Gasteiger partial charge is 0.417 e. The molecule has 0 aliphatic heterocycles. The second-order valence-electron chi connectivity index (χ2n) is 6.13. The third-order valence-electron chi connectivity index (χ3n) is 4.20. The molecule has 156 valence electrons. The minimum absolute atomic E-state index is 0.0285. The Labute approximate surface area is 164 Å². The fourth-order valence-electron chi connectivity index (χ4n) is 3.14. The third-order valence-corrected chi connectivity index (χ3v) is 5.19. The van der Waals surface area contributed by atoms with E-state index in [0.717, 1.165) is 18.2 Å². The maximum Gasteiger partial charge on any atom is 0.417 e. The number of tetrazole rings is 1. The Morgan fingerprint density at radius 3 is 2.43 bits per heavy atom. The number of halogens is 4. The van der Waals surface area contributed by atoms with Gasteiger partial charge in [-0.3, -0.25) is 0 Å². The van der Waals surface area contributed by atoms with Gasteiger partial charge in [0.1, 0.15) is 10.7 Å². The number of sulfonamides is 1. The van der Waals surface area contributed by atoms with Gasteiger partial charge >= 0.3 is 6.18 Å². The first kappa shape index (κ1) is 19.7. The van der Waals surface area contributed by atoms with Gasteiger partial charge in [-0.2, -0.15) is 13.2 Å². The van der Waals surface area contributed by atoms with E-state index >= 15 is 0 Å². The number of benzene rings is 2. The van der Waals surface area contributed by atoms with Crippen molar-refractivity contribution >= 4 is 27.0 Å². The predicted octanol–water partition coefficient (Wildman–Crippen LogP) is 1.80. The number of nitrogen functional groups attached to an aromatic ring is 1. The number of fused-ring (bicyclic) bond motifs is 1. The molecular formula is C15H10F4N8O2S. The zero-order chi connectivity index (χ0) is 21.8. The molecule has 0 saturated carbocycles. The number of imidazole rings is 1. The van der Waals surface area contributed by atoms with Gasteiger partial charge in [-0.1, -0.05) is 6.07 Å². The van der Waals surface area contributed by atoms with Crippen molar-refractivity contribution in [1.82, 2.24) is 30.6 Å². The van der Waals surface area contributed by atoms with Crippen LogP contribution in [0.2, 0.25) is 0 Å². The number of anilines is 1.